The number of hydrogen-bond acceptors (Lipinski definition) is 5. The number of nitrogens with zero attached hydrogens (tertiary/aromatic N) is 1. The van der Waals surface area contributed by atoms with E-state index in [9.17, 15) is 24.1 Å². The number of amides is 1. The van der Waals surface area contributed by atoms with Crippen molar-refractivity contribution in [3.63, 3.8) is 0 Å². The molecule has 2 aromatic rings. The first kappa shape index (κ1) is 18.5. The number of carbonyl (C=O) groups is 2. The number of hydrogen-bond donors (Lipinski definition) is 1. The number of non-ortho nitro benzene ring substituents is 1. The number of halogens is 2. The summed E-state index contributed by atoms with van der Waals surface area (Å²) < 4.78 is 18.4. The largest absolute Gasteiger partial charge is 0.452 e. The molecule has 1 N–H and O–H groups in total. The average Bonchev–Trinajstić information content (AvgIpc) is 2.56. The topological polar surface area (TPSA) is 98.5 Å². The molecule has 130 valence electrons. The molecule has 0 aliphatic rings. The van der Waals surface area contributed by atoms with Crippen LogP contribution in [0.25, 0.3) is 0 Å². The zero-order chi connectivity index (χ0) is 18.6. The molecule has 0 aromatic heterocycles. The van der Waals surface area contributed by atoms with Crippen LogP contribution in [0.2, 0.25) is 0 Å². The van der Waals surface area contributed by atoms with Gasteiger partial charge in [0.05, 0.1) is 16.2 Å². The molecular formula is C16H12BrFN2O5. The predicted molar refractivity (Wildman–Crippen MR) is 90.8 cm³/mol. The van der Waals surface area contributed by atoms with Crippen LogP contribution in [0, 0.1) is 22.9 Å². The lowest BCUT2D eigenvalue weighted by Crippen LogP contribution is -2.21. The van der Waals surface area contributed by atoms with Gasteiger partial charge < -0.3 is 10.1 Å². The highest BCUT2D eigenvalue weighted by molar-refractivity contribution is 9.10. The molecule has 7 nitrogen and oxygen atoms in total. The van der Waals surface area contributed by atoms with E-state index >= 15 is 0 Å². The summed E-state index contributed by atoms with van der Waals surface area (Å²) in [6.45, 7) is 1.03. The van der Waals surface area contributed by atoms with Gasteiger partial charge in [0.15, 0.2) is 6.61 Å². The minimum atomic E-state index is -0.824. The SMILES string of the molecule is Cc1ccc(F)cc1C(=O)OCC(=O)Nc1ccc([N+](=O)[O-])cc1Br. The molecule has 0 bridgehead atoms. The van der Waals surface area contributed by atoms with E-state index in [4.69, 9.17) is 4.74 Å². The lowest BCUT2D eigenvalue weighted by atomic mass is 10.1. The molecule has 0 heterocycles. The molecule has 0 saturated heterocycles. The molecule has 0 fully saturated rings. The van der Waals surface area contributed by atoms with Gasteiger partial charge in [-0.25, -0.2) is 9.18 Å². The molecule has 2 aromatic carbocycles. The molecule has 1 amide bonds. The van der Waals surface area contributed by atoms with Crippen LogP contribution in [0.4, 0.5) is 15.8 Å². The molecule has 0 atom stereocenters. The minimum absolute atomic E-state index is 0.0318. The summed E-state index contributed by atoms with van der Waals surface area (Å²) in [7, 11) is 0. The van der Waals surface area contributed by atoms with E-state index in [-0.39, 0.29) is 16.9 Å². The second-order valence-electron chi connectivity index (χ2n) is 5.00. The maximum Gasteiger partial charge on any atom is 0.339 e. The lowest BCUT2D eigenvalue weighted by molar-refractivity contribution is -0.384. The molecule has 9 heteroatoms. The number of esters is 1. The first-order valence-corrected chi connectivity index (χ1v) is 7.74. The Kier molecular flexibility index (Phi) is 5.81. The Bertz CT molecular complexity index is 856. The molecule has 0 aliphatic heterocycles. The van der Waals surface area contributed by atoms with Gasteiger partial charge in [-0.15, -0.1) is 0 Å². The number of aryl methyl sites for hydroxylation is 1. The Morgan fingerprint density at radius 3 is 2.64 bits per heavy atom. The van der Waals surface area contributed by atoms with Crippen LogP contribution in [0.1, 0.15) is 15.9 Å². The number of benzene rings is 2. The Morgan fingerprint density at radius 2 is 2.00 bits per heavy atom. The van der Waals surface area contributed by atoms with Gasteiger partial charge >= 0.3 is 5.97 Å². The fraction of sp³-hybridized carbons (Fsp3) is 0.125. The first-order valence-electron chi connectivity index (χ1n) is 6.95. The third kappa shape index (κ3) is 4.83. The Morgan fingerprint density at radius 1 is 1.28 bits per heavy atom. The van der Waals surface area contributed by atoms with Crippen LogP contribution in [0.3, 0.4) is 0 Å². The summed E-state index contributed by atoms with van der Waals surface area (Å²) in [6, 6.07) is 7.48. The number of nitrogens with one attached hydrogen (secondary N) is 1. The lowest BCUT2D eigenvalue weighted by Gasteiger charge is -2.09. The normalized spacial score (nSPS) is 10.2. The molecule has 0 aliphatic carbocycles. The number of nitro groups is 1. The van der Waals surface area contributed by atoms with Gasteiger partial charge in [-0.3, -0.25) is 14.9 Å². The second kappa shape index (κ2) is 7.84. The standard InChI is InChI=1S/C16H12BrFN2O5/c1-9-2-3-10(18)6-12(9)16(22)25-8-15(21)19-14-5-4-11(20(23)24)7-13(14)17/h2-7H,8H2,1H3,(H,19,21). The van der Waals surface area contributed by atoms with Crippen molar-refractivity contribution >= 4 is 39.2 Å². The maximum atomic E-state index is 13.2. The number of carbonyl (C=O) groups excluding carboxylic acids is 2. The van der Waals surface area contributed by atoms with Crippen LogP contribution in [0.15, 0.2) is 40.9 Å². The van der Waals surface area contributed by atoms with Crippen molar-refractivity contribution < 1.29 is 23.6 Å². The number of ether oxygens (including phenoxy) is 1. The highest BCUT2D eigenvalue weighted by atomic mass is 79.9. The summed E-state index contributed by atoms with van der Waals surface area (Å²) in [4.78, 5) is 33.9. The molecule has 0 saturated carbocycles. The van der Waals surface area contributed by atoms with Crippen LogP contribution >= 0.6 is 15.9 Å². The zero-order valence-electron chi connectivity index (χ0n) is 12.9. The molecular weight excluding hydrogens is 399 g/mol. The van der Waals surface area contributed by atoms with E-state index in [2.05, 4.69) is 21.2 Å². The number of anilines is 1. The van der Waals surface area contributed by atoms with Crippen molar-refractivity contribution in [1.82, 2.24) is 0 Å². The predicted octanol–water partition coefficient (Wildman–Crippen LogP) is 3.60. The maximum absolute atomic E-state index is 13.2. The van der Waals surface area contributed by atoms with E-state index in [1.54, 1.807) is 6.92 Å². The van der Waals surface area contributed by atoms with E-state index in [0.717, 1.165) is 6.07 Å². The van der Waals surface area contributed by atoms with Gasteiger partial charge in [-0.05, 0) is 46.6 Å². The van der Waals surface area contributed by atoms with Crippen molar-refractivity contribution in [2.24, 2.45) is 0 Å². The van der Waals surface area contributed by atoms with Crippen molar-refractivity contribution in [2.75, 3.05) is 11.9 Å². The zero-order valence-corrected chi connectivity index (χ0v) is 14.5. The highest BCUT2D eigenvalue weighted by Gasteiger charge is 2.15. The van der Waals surface area contributed by atoms with Crippen LogP contribution in [0.5, 0.6) is 0 Å². The molecule has 0 unspecified atom stereocenters. The highest BCUT2D eigenvalue weighted by Crippen LogP contribution is 2.27. The van der Waals surface area contributed by atoms with Gasteiger partial charge in [-0.1, -0.05) is 6.07 Å². The van der Waals surface area contributed by atoms with Crippen molar-refractivity contribution in [3.05, 3.63) is 67.9 Å². The summed E-state index contributed by atoms with van der Waals surface area (Å²) in [5.41, 5.74) is 0.695. The van der Waals surface area contributed by atoms with E-state index in [1.165, 1.54) is 30.3 Å². The summed E-state index contributed by atoms with van der Waals surface area (Å²) in [5, 5.41) is 13.1. The Labute approximate surface area is 150 Å². The van der Waals surface area contributed by atoms with Crippen molar-refractivity contribution in [1.29, 1.82) is 0 Å². The van der Waals surface area contributed by atoms with Crippen molar-refractivity contribution in [3.8, 4) is 0 Å². The van der Waals surface area contributed by atoms with Gasteiger partial charge in [0.2, 0.25) is 0 Å². The van der Waals surface area contributed by atoms with E-state index in [1.807, 2.05) is 0 Å². The number of rotatable bonds is 5. The quantitative estimate of drug-likeness (QED) is 0.461. The third-order valence-electron chi connectivity index (χ3n) is 3.19. The van der Waals surface area contributed by atoms with Crippen LogP contribution in [-0.2, 0) is 9.53 Å². The van der Waals surface area contributed by atoms with Crippen LogP contribution in [-0.4, -0.2) is 23.4 Å². The smallest absolute Gasteiger partial charge is 0.339 e. The van der Waals surface area contributed by atoms with E-state index in [0.29, 0.717) is 10.0 Å². The third-order valence-corrected chi connectivity index (χ3v) is 3.85. The van der Waals surface area contributed by atoms with Gasteiger partial charge in [0, 0.05) is 16.6 Å². The van der Waals surface area contributed by atoms with Gasteiger partial charge in [0.1, 0.15) is 5.82 Å². The molecule has 25 heavy (non-hydrogen) atoms. The van der Waals surface area contributed by atoms with Gasteiger partial charge in [-0.2, -0.15) is 0 Å². The van der Waals surface area contributed by atoms with Gasteiger partial charge in [0.25, 0.3) is 11.6 Å². The average molecular weight is 411 g/mol. The fourth-order valence-corrected chi connectivity index (χ4v) is 2.39. The minimum Gasteiger partial charge on any atom is -0.452 e. The summed E-state index contributed by atoms with van der Waals surface area (Å²) >= 11 is 3.11. The van der Waals surface area contributed by atoms with Crippen LogP contribution < -0.4 is 5.32 Å². The Hall–Kier alpha value is -2.81. The van der Waals surface area contributed by atoms with Crippen molar-refractivity contribution in [2.45, 2.75) is 6.92 Å². The molecule has 0 spiro atoms. The monoisotopic (exact) mass is 410 g/mol. The summed E-state index contributed by atoms with van der Waals surface area (Å²) in [5.74, 6) is -2.05. The molecule has 2 rings (SSSR count). The first-order chi connectivity index (χ1) is 11.8. The molecule has 0 radical (unpaired) electrons. The summed E-state index contributed by atoms with van der Waals surface area (Å²) in [6.07, 6.45) is 0. The Balaban J connectivity index is 1.98. The second-order valence-corrected chi connectivity index (χ2v) is 5.86. The fourth-order valence-electron chi connectivity index (χ4n) is 1.93. The number of nitro benzene ring substituents is 1. The van der Waals surface area contributed by atoms with E-state index < -0.39 is 29.2 Å².